The summed E-state index contributed by atoms with van der Waals surface area (Å²) in [4.78, 5) is 11.8. The second-order valence-electron chi connectivity index (χ2n) is 8.05. The largest absolute Gasteiger partial charge is 0.493 e. The molecule has 2 aliphatic rings. The molecule has 0 unspecified atom stereocenters. The molecule has 2 aromatic rings. The Balaban J connectivity index is 1.55. The van der Waals surface area contributed by atoms with Crippen molar-refractivity contribution in [1.82, 2.24) is 9.97 Å². The smallest absolute Gasteiger partial charge is 0.333 e. The third-order valence-electron chi connectivity index (χ3n) is 5.78. The summed E-state index contributed by atoms with van der Waals surface area (Å²) in [6.45, 7) is 1.74. The van der Waals surface area contributed by atoms with Gasteiger partial charge in [-0.15, -0.1) is 0 Å². The van der Waals surface area contributed by atoms with Crippen LogP contribution in [0.1, 0.15) is 32.1 Å². The lowest BCUT2D eigenvalue weighted by molar-refractivity contribution is 0.262. The minimum atomic E-state index is -3.88. The first-order valence-electron chi connectivity index (χ1n) is 10.5. The zero-order valence-electron chi connectivity index (χ0n) is 17.8. The van der Waals surface area contributed by atoms with Crippen molar-refractivity contribution >= 4 is 33.0 Å². The van der Waals surface area contributed by atoms with Gasteiger partial charge in [0, 0.05) is 30.6 Å². The lowest BCUT2D eigenvalue weighted by atomic mass is 9.94. The maximum absolute atomic E-state index is 11.0. The van der Waals surface area contributed by atoms with Crippen LogP contribution in [0.2, 0.25) is 0 Å². The Morgan fingerprint density at radius 2 is 1.77 bits per heavy atom. The Labute approximate surface area is 182 Å². The number of fused-ring (bicyclic) bond motifs is 1. The number of hydrogen-bond donors (Lipinski definition) is 2. The summed E-state index contributed by atoms with van der Waals surface area (Å²) in [6.07, 6.45) is 4.76. The molecule has 10 nitrogen and oxygen atoms in total. The van der Waals surface area contributed by atoms with E-state index in [1.54, 1.807) is 14.2 Å². The zero-order chi connectivity index (χ0) is 22.0. The summed E-state index contributed by atoms with van der Waals surface area (Å²) in [6, 6.07) is 4.25. The van der Waals surface area contributed by atoms with E-state index in [4.69, 9.17) is 24.6 Å². The number of anilines is 2. The van der Waals surface area contributed by atoms with E-state index in [9.17, 15) is 8.42 Å². The van der Waals surface area contributed by atoms with E-state index in [1.165, 1.54) is 0 Å². The van der Waals surface area contributed by atoms with Crippen LogP contribution in [0.3, 0.4) is 0 Å². The lowest BCUT2D eigenvalue weighted by Crippen LogP contribution is -2.35. The predicted octanol–water partition coefficient (Wildman–Crippen LogP) is 2.05. The molecule has 1 saturated heterocycles. The van der Waals surface area contributed by atoms with Crippen molar-refractivity contribution in [3.63, 3.8) is 0 Å². The van der Waals surface area contributed by atoms with Gasteiger partial charge in [0.25, 0.3) is 0 Å². The number of nitrogens with zero attached hydrogens (tertiary/aromatic N) is 3. The molecular weight excluding hydrogens is 422 g/mol. The third kappa shape index (κ3) is 5.46. The van der Waals surface area contributed by atoms with Crippen LogP contribution in [0.15, 0.2) is 12.1 Å². The van der Waals surface area contributed by atoms with Gasteiger partial charge in [0.15, 0.2) is 11.5 Å². The number of hydrogen-bond acceptors (Lipinski definition) is 9. The molecule has 2 fully saturated rings. The highest BCUT2D eigenvalue weighted by Gasteiger charge is 2.26. The fraction of sp³-hybridized carbons (Fsp3) is 0.600. The van der Waals surface area contributed by atoms with E-state index in [0.29, 0.717) is 35.8 Å². The molecule has 0 radical (unpaired) electrons. The number of ether oxygens (including phenoxy) is 2. The third-order valence-corrected chi connectivity index (χ3v) is 6.27. The van der Waals surface area contributed by atoms with Crippen LogP contribution in [0, 0.1) is 5.92 Å². The monoisotopic (exact) mass is 451 g/mol. The number of piperidine rings is 1. The molecule has 0 bridgehead atoms. The fourth-order valence-corrected chi connectivity index (χ4v) is 4.25. The number of rotatable bonds is 9. The highest BCUT2D eigenvalue weighted by Crippen LogP contribution is 2.37. The second-order valence-corrected chi connectivity index (χ2v) is 9.27. The lowest BCUT2D eigenvalue weighted by Gasteiger charge is -2.33. The van der Waals surface area contributed by atoms with Crippen molar-refractivity contribution in [3.8, 4) is 11.5 Å². The molecule has 1 aromatic carbocycles. The van der Waals surface area contributed by atoms with Crippen molar-refractivity contribution in [3.05, 3.63) is 12.1 Å². The highest BCUT2D eigenvalue weighted by atomic mass is 32.2. The van der Waals surface area contributed by atoms with Gasteiger partial charge in [-0.2, -0.15) is 13.4 Å². The first-order valence-corrected chi connectivity index (χ1v) is 12.0. The molecular formula is C20H29N5O5S. The maximum atomic E-state index is 11.0. The van der Waals surface area contributed by atoms with Gasteiger partial charge in [-0.25, -0.2) is 10.1 Å². The summed E-state index contributed by atoms with van der Waals surface area (Å²) >= 11 is 0. The average molecular weight is 452 g/mol. The van der Waals surface area contributed by atoms with Crippen LogP contribution in [-0.4, -0.2) is 58.3 Å². The van der Waals surface area contributed by atoms with Gasteiger partial charge in [0.1, 0.15) is 5.82 Å². The molecule has 0 atom stereocenters. The normalized spacial score (nSPS) is 17.7. The summed E-state index contributed by atoms with van der Waals surface area (Å²) < 4.78 is 37.5. The van der Waals surface area contributed by atoms with Crippen molar-refractivity contribution in [2.45, 2.75) is 38.1 Å². The van der Waals surface area contributed by atoms with E-state index < -0.39 is 10.3 Å². The van der Waals surface area contributed by atoms with E-state index in [2.05, 4.69) is 14.4 Å². The van der Waals surface area contributed by atoms with E-state index in [1.807, 2.05) is 12.1 Å². The molecule has 0 spiro atoms. The molecule has 31 heavy (non-hydrogen) atoms. The summed E-state index contributed by atoms with van der Waals surface area (Å²) in [5.41, 5.74) is 0.800. The number of aromatic nitrogens is 2. The van der Waals surface area contributed by atoms with Crippen LogP contribution < -0.4 is 24.8 Å². The van der Waals surface area contributed by atoms with Crippen LogP contribution in [0.5, 0.6) is 11.5 Å². The van der Waals surface area contributed by atoms with Gasteiger partial charge >= 0.3 is 10.3 Å². The number of nitrogens with two attached hydrogens (primary N) is 1. The minimum Gasteiger partial charge on any atom is -0.493 e. The van der Waals surface area contributed by atoms with Crippen LogP contribution >= 0.6 is 0 Å². The van der Waals surface area contributed by atoms with E-state index in [-0.39, 0.29) is 6.61 Å². The van der Waals surface area contributed by atoms with E-state index >= 15 is 0 Å². The van der Waals surface area contributed by atoms with Gasteiger partial charge in [-0.3, -0.25) is 4.18 Å². The van der Waals surface area contributed by atoms with Crippen LogP contribution in [0.4, 0.5) is 11.8 Å². The Kier molecular flexibility index (Phi) is 6.35. The summed E-state index contributed by atoms with van der Waals surface area (Å²) in [7, 11) is -0.657. The molecule has 4 rings (SSSR count). The van der Waals surface area contributed by atoms with Crippen molar-refractivity contribution in [2.75, 3.05) is 44.1 Å². The molecule has 170 valence electrons. The average Bonchev–Trinajstić information content (AvgIpc) is 3.56. The number of nitrogens with one attached hydrogen (secondary N) is 1. The Morgan fingerprint density at radius 1 is 1.10 bits per heavy atom. The first-order chi connectivity index (χ1) is 14.9. The second kappa shape index (κ2) is 9.01. The summed E-state index contributed by atoms with van der Waals surface area (Å²) in [5.74, 6) is 3.14. The Bertz CT molecular complexity index is 1040. The Hall–Kier alpha value is -2.37. The topological polar surface area (TPSA) is 129 Å². The van der Waals surface area contributed by atoms with Gasteiger partial charge in [-0.05, 0) is 44.1 Å². The minimum absolute atomic E-state index is 0.117. The van der Waals surface area contributed by atoms with Crippen molar-refractivity contribution < 1.29 is 22.1 Å². The molecule has 1 saturated carbocycles. The van der Waals surface area contributed by atoms with Gasteiger partial charge in [-0.1, -0.05) is 0 Å². The first kappa shape index (κ1) is 21.8. The highest BCUT2D eigenvalue weighted by molar-refractivity contribution is 7.84. The molecule has 0 amide bonds. The Morgan fingerprint density at radius 3 is 2.39 bits per heavy atom. The van der Waals surface area contributed by atoms with Gasteiger partial charge < -0.3 is 19.7 Å². The van der Waals surface area contributed by atoms with Crippen molar-refractivity contribution in [1.29, 1.82) is 0 Å². The molecule has 1 aromatic heterocycles. The quantitative estimate of drug-likeness (QED) is 0.588. The standard InChI is InChI=1S/C20H29N5O5S/c1-28-17-11-15-16(12-18(17)29-2)23-20(22-14-3-4-14)24-19(15)25-8-5-13(6-9-25)7-10-30-31(21,26)27/h11-14H,3-10H2,1-2H3,(H2,21,26,27)(H,22,23,24). The maximum Gasteiger partial charge on any atom is 0.333 e. The van der Waals surface area contributed by atoms with E-state index in [0.717, 1.165) is 55.5 Å². The molecule has 2 heterocycles. The fourth-order valence-electron chi connectivity index (χ4n) is 3.92. The zero-order valence-corrected chi connectivity index (χ0v) is 18.7. The number of methoxy groups -OCH3 is 2. The molecule has 3 N–H and O–H groups in total. The summed E-state index contributed by atoms with van der Waals surface area (Å²) in [5, 5.41) is 9.21. The predicted molar refractivity (Wildman–Crippen MR) is 118 cm³/mol. The van der Waals surface area contributed by atoms with Gasteiger partial charge in [0.05, 0.1) is 26.3 Å². The molecule has 1 aliphatic carbocycles. The molecule has 11 heteroatoms. The van der Waals surface area contributed by atoms with Gasteiger partial charge in [0.2, 0.25) is 5.95 Å². The van der Waals surface area contributed by atoms with Crippen molar-refractivity contribution in [2.24, 2.45) is 11.1 Å². The molecule has 1 aliphatic heterocycles. The van der Waals surface area contributed by atoms with Crippen LogP contribution in [-0.2, 0) is 14.5 Å². The number of benzene rings is 1. The van der Waals surface area contributed by atoms with Crippen LogP contribution in [0.25, 0.3) is 10.9 Å². The SMILES string of the molecule is COc1cc2nc(NC3CC3)nc(N3CCC(CCOS(N)(=O)=O)CC3)c2cc1OC.